The average molecular weight is 327 g/mol. The molecular weight excluding hydrogens is 306 g/mol. The third-order valence-electron chi connectivity index (χ3n) is 3.88. The number of hydrogen-bond acceptors (Lipinski definition) is 3. The molecule has 126 valence electrons. The molecule has 2 aromatic rings. The van der Waals surface area contributed by atoms with Crippen molar-refractivity contribution < 1.29 is 19.4 Å². The van der Waals surface area contributed by atoms with Gasteiger partial charge in [0.15, 0.2) is 0 Å². The van der Waals surface area contributed by atoms with E-state index in [0.717, 1.165) is 5.56 Å². The van der Waals surface area contributed by atoms with E-state index in [1.165, 1.54) is 0 Å². The Labute approximate surface area is 141 Å². The van der Waals surface area contributed by atoms with Crippen LogP contribution in [0.3, 0.4) is 0 Å². The summed E-state index contributed by atoms with van der Waals surface area (Å²) >= 11 is 0. The highest BCUT2D eigenvalue weighted by Crippen LogP contribution is 2.33. The lowest BCUT2D eigenvalue weighted by Gasteiger charge is -2.31. The van der Waals surface area contributed by atoms with Gasteiger partial charge in [0.1, 0.15) is 6.61 Å². The molecular formula is C19H21NO4. The summed E-state index contributed by atoms with van der Waals surface area (Å²) in [5, 5.41) is 12.2. The van der Waals surface area contributed by atoms with E-state index in [9.17, 15) is 14.7 Å². The Hall–Kier alpha value is -2.82. The SMILES string of the molecule is CC(C)(C(=O)O)C(NC(=O)OCc1ccccc1)c1ccccc1. The van der Waals surface area contributed by atoms with Crippen LogP contribution < -0.4 is 5.32 Å². The van der Waals surface area contributed by atoms with Crippen LogP contribution in [0.1, 0.15) is 31.0 Å². The van der Waals surface area contributed by atoms with E-state index >= 15 is 0 Å². The summed E-state index contributed by atoms with van der Waals surface area (Å²) in [6, 6.07) is 17.6. The Kier molecular flexibility index (Phi) is 5.58. The minimum Gasteiger partial charge on any atom is -0.481 e. The van der Waals surface area contributed by atoms with Gasteiger partial charge >= 0.3 is 12.1 Å². The Morgan fingerprint density at radius 1 is 1.04 bits per heavy atom. The Morgan fingerprint density at radius 2 is 1.58 bits per heavy atom. The van der Waals surface area contributed by atoms with Crippen LogP contribution in [0.2, 0.25) is 0 Å². The lowest BCUT2D eigenvalue weighted by atomic mass is 9.80. The van der Waals surface area contributed by atoms with Crippen molar-refractivity contribution in [3.63, 3.8) is 0 Å². The van der Waals surface area contributed by atoms with Crippen molar-refractivity contribution in [2.24, 2.45) is 5.41 Å². The fourth-order valence-electron chi connectivity index (χ4n) is 2.33. The van der Waals surface area contributed by atoms with Crippen LogP contribution in [0.25, 0.3) is 0 Å². The molecule has 24 heavy (non-hydrogen) atoms. The summed E-state index contributed by atoms with van der Waals surface area (Å²) in [4.78, 5) is 23.7. The molecule has 1 atom stereocenters. The van der Waals surface area contributed by atoms with E-state index in [1.807, 2.05) is 36.4 Å². The maximum atomic E-state index is 12.1. The smallest absolute Gasteiger partial charge is 0.407 e. The van der Waals surface area contributed by atoms with Crippen LogP contribution in [0.15, 0.2) is 60.7 Å². The molecule has 2 aromatic carbocycles. The first-order chi connectivity index (χ1) is 11.4. The normalized spacial score (nSPS) is 12.2. The molecule has 0 saturated heterocycles. The molecule has 0 aliphatic rings. The van der Waals surface area contributed by atoms with Crippen molar-refractivity contribution >= 4 is 12.1 Å². The highest BCUT2D eigenvalue weighted by Gasteiger charge is 2.39. The summed E-state index contributed by atoms with van der Waals surface area (Å²) in [7, 11) is 0. The number of benzene rings is 2. The second kappa shape index (κ2) is 7.64. The number of carboxylic acid groups (broad SMARTS) is 1. The van der Waals surface area contributed by atoms with Gasteiger partial charge in [-0.2, -0.15) is 0 Å². The van der Waals surface area contributed by atoms with Gasteiger partial charge in [0.2, 0.25) is 0 Å². The van der Waals surface area contributed by atoms with E-state index in [0.29, 0.717) is 5.56 Å². The van der Waals surface area contributed by atoms with Gasteiger partial charge in [0, 0.05) is 0 Å². The molecule has 0 saturated carbocycles. The van der Waals surface area contributed by atoms with Crippen molar-refractivity contribution in [3.8, 4) is 0 Å². The number of amides is 1. The molecule has 1 unspecified atom stereocenters. The Morgan fingerprint density at radius 3 is 2.12 bits per heavy atom. The zero-order valence-corrected chi connectivity index (χ0v) is 13.7. The van der Waals surface area contributed by atoms with Crippen LogP contribution in [0, 0.1) is 5.41 Å². The topological polar surface area (TPSA) is 75.6 Å². The molecule has 0 aromatic heterocycles. The molecule has 5 heteroatoms. The number of alkyl carbamates (subject to hydrolysis) is 1. The largest absolute Gasteiger partial charge is 0.481 e. The van der Waals surface area contributed by atoms with Crippen molar-refractivity contribution in [3.05, 3.63) is 71.8 Å². The molecule has 0 fully saturated rings. The minimum absolute atomic E-state index is 0.127. The molecule has 0 aliphatic carbocycles. The maximum absolute atomic E-state index is 12.1. The molecule has 1 amide bonds. The van der Waals surface area contributed by atoms with Crippen molar-refractivity contribution in [2.75, 3.05) is 0 Å². The highest BCUT2D eigenvalue weighted by atomic mass is 16.5. The fraction of sp³-hybridized carbons (Fsp3) is 0.263. The van der Waals surface area contributed by atoms with Crippen LogP contribution in [0.4, 0.5) is 4.79 Å². The van der Waals surface area contributed by atoms with E-state index in [-0.39, 0.29) is 6.61 Å². The average Bonchev–Trinajstić information content (AvgIpc) is 2.59. The van der Waals surface area contributed by atoms with Gasteiger partial charge in [0.25, 0.3) is 0 Å². The standard InChI is InChI=1S/C19H21NO4/c1-19(2,17(21)22)16(15-11-7-4-8-12-15)20-18(23)24-13-14-9-5-3-6-10-14/h3-12,16H,13H2,1-2H3,(H,20,23)(H,21,22). The number of carbonyl (C=O) groups excluding carboxylic acids is 1. The Bertz CT molecular complexity index is 683. The fourth-order valence-corrected chi connectivity index (χ4v) is 2.33. The van der Waals surface area contributed by atoms with Crippen molar-refractivity contribution in [1.29, 1.82) is 0 Å². The van der Waals surface area contributed by atoms with Gasteiger partial charge in [-0.05, 0) is 25.0 Å². The summed E-state index contributed by atoms with van der Waals surface area (Å²) in [5.74, 6) is -1.00. The van der Waals surface area contributed by atoms with Crippen LogP contribution in [0.5, 0.6) is 0 Å². The molecule has 2 rings (SSSR count). The molecule has 0 spiro atoms. The van der Waals surface area contributed by atoms with Gasteiger partial charge in [0.05, 0.1) is 11.5 Å². The van der Waals surface area contributed by atoms with E-state index < -0.39 is 23.5 Å². The van der Waals surface area contributed by atoms with Crippen LogP contribution >= 0.6 is 0 Å². The van der Waals surface area contributed by atoms with Gasteiger partial charge in [-0.15, -0.1) is 0 Å². The summed E-state index contributed by atoms with van der Waals surface area (Å²) in [6.07, 6.45) is -0.651. The van der Waals surface area contributed by atoms with Gasteiger partial charge in [-0.25, -0.2) is 4.79 Å². The summed E-state index contributed by atoms with van der Waals surface area (Å²) < 4.78 is 5.21. The number of nitrogens with one attached hydrogen (secondary N) is 1. The molecule has 0 aliphatic heterocycles. The first-order valence-electron chi connectivity index (χ1n) is 7.67. The lowest BCUT2D eigenvalue weighted by Crippen LogP contribution is -2.42. The molecule has 2 N–H and O–H groups in total. The first-order valence-corrected chi connectivity index (χ1v) is 7.67. The predicted molar refractivity (Wildman–Crippen MR) is 90.4 cm³/mol. The van der Waals surface area contributed by atoms with Crippen molar-refractivity contribution in [1.82, 2.24) is 5.32 Å². The predicted octanol–water partition coefficient (Wildman–Crippen LogP) is 3.76. The van der Waals surface area contributed by atoms with E-state index in [4.69, 9.17) is 4.74 Å². The van der Waals surface area contributed by atoms with E-state index in [2.05, 4.69) is 5.32 Å². The number of carbonyl (C=O) groups is 2. The van der Waals surface area contributed by atoms with Gasteiger partial charge in [-0.1, -0.05) is 60.7 Å². The van der Waals surface area contributed by atoms with Crippen LogP contribution in [-0.4, -0.2) is 17.2 Å². The zero-order valence-electron chi connectivity index (χ0n) is 13.7. The molecule has 5 nitrogen and oxygen atoms in total. The zero-order chi connectivity index (χ0) is 17.6. The number of carboxylic acids is 1. The maximum Gasteiger partial charge on any atom is 0.407 e. The Balaban J connectivity index is 2.11. The van der Waals surface area contributed by atoms with Gasteiger partial charge < -0.3 is 15.2 Å². The number of rotatable bonds is 6. The quantitative estimate of drug-likeness (QED) is 0.847. The third-order valence-corrected chi connectivity index (χ3v) is 3.88. The number of ether oxygens (including phenoxy) is 1. The van der Waals surface area contributed by atoms with Crippen LogP contribution in [-0.2, 0) is 16.1 Å². The highest BCUT2D eigenvalue weighted by molar-refractivity contribution is 5.77. The number of hydrogen-bond donors (Lipinski definition) is 2. The second-order valence-corrected chi connectivity index (χ2v) is 6.08. The monoisotopic (exact) mass is 327 g/mol. The van der Waals surface area contributed by atoms with Crippen molar-refractivity contribution in [2.45, 2.75) is 26.5 Å². The summed E-state index contributed by atoms with van der Waals surface area (Å²) in [6.45, 7) is 3.27. The van der Waals surface area contributed by atoms with E-state index in [1.54, 1.807) is 38.1 Å². The third kappa shape index (κ3) is 4.35. The molecule has 0 heterocycles. The molecule has 0 radical (unpaired) electrons. The second-order valence-electron chi connectivity index (χ2n) is 6.08. The number of aliphatic carboxylic acids is 1. The lowest BCUT2D eigenvalue weighted by molar-refractivity contribution is -0.148. The minimum atomic E-state index is -1.19. The van der Waals surface area contributed by atoms with Gasteiger partial charge in [-0.3, -0.25) is 4.79 Å². The summed E-state index contributed by atoms with van der Waals surface area (Å²) in [5.41, 5.74) is 0.385. The molecule has 0 bridgehead atoms. The first kappa shape index (κ1) is 17.5.